The first-order valence-electron chi connectivity index (χ1n) is 11.1. The van der Waals surface area contributed by atoms with Crippen molar-refractivity contribution in [1.82, 2.24) is 9.97 Å². The highest BCUT2D eigenvalue weighted by Crippen LogP contribution is 2.34. The van der Waals surface area contributed by atoms with Gasteiger partial charge in [-0.15, -0.1) is 11.3 Å². The van der Waals surface area contributed by atoms with Crippen LogP contribution < -0.4 is 10.1 Å². The van der Waals surface area contributed by atoms with Crippen LogP contribution in [0.15, 0.2) is 59.5 Å². The van der Waals surface area contributed by atoms with Gasteiger partial charge >= 0.3 is 0 Å². The Bertz CT molecular complexity index is 1260. The fourth-order valence-electron chi connectivity index (χ4n) is 3.76. The lowest BCUT2D eigenvalue weighted by Gasteiger charge is -2.18. The quantitative estimate of drug-likeness (QED) is 0.298. The fourth-order valence-corrected chi connectivity index (χ4v) is 4.45. The van der Waals surface area contributed by atoms with E-state index in [2.05, 4.69) is 15.3 Å². The summed E-state index contributed by atoms with van der Waals surface area (Å²) in [6.45, 7) is 5.11. The predicted molar refractivity (Wildman–Crippen MR) is 133 cm³/mol. The molecule has 9 heteroatoms. The maximum absolute atomic E-state index is 13.3. The third-order valence-corrected chi connectivity index (χ3v) is 6.13. The number of hydrogen-bond acceptors (Lipinski definition) is 7. The van der Waals surface area contributed by atoms with Gasteiger partial charge in [0.1, 0.15) is 18.1 Å². The van der Waals surface area contributed by atoms with Gasteiger partial charge in [-0.2, -0.15) is 4.39 Å². The molecule has 182 valence electrons. The van der Waals surface area contributed by atoms with E-state index in [4.69, 9.17) is 14.2 Å². The Kier molecular flexibility index (Phi) is 7.89. The number of nitrogens with one attached hydrogen (secondary N) is 1. The summed E-state index contributed by atoms with van der Waals surface area (Å²) in [5, 5.41) is 5.04. The van der Waals surface area contributed by atoms with Crippen LogP contribution in [0.4, 0.5) is 9.52 Å². The van der Waals surface area contributed by atoms with E-state index in [1.54, 1.807) is 7.11 Å². The third kappa shape index (κ3) is 6.32. The number of allylic oxidation sites excluding steroid dienone is 4. The molecule has 1 N–H and O–H groups in total. The standard InChI is InChI=1S/C26H26FN3O4S/c1-16-12-21(34-20-6-4-19(5-7-20)33-11-10-32-3)13-17(2)24(16)22-15-35-26(29-22)30-25(31)18-8-9-28-23(27)14-18/h4,6,8-9,12-15H,5,7,10-11H2,1-3H3,(H,29,30,31). The first-order chi connectivity index (χ1) is 16.9. The van der Waals surface area contributed by atoms with Gasteiger partial charge in [-0.05, 0) is 55.3 Å². The summed E-state index contributed by atoms with van der Waals surface area (Å²) >= 11 is 1.31. The second-order valence-corrected chi connectivity index (χ2v) is 8.86. The van der Waals surface area contributed by atoms with Gasteiger partial charge < -0.3 is 14.2 Å². The highest BCUT2D eigenvalue weighted by molar-refractivity contribution is 7.14. The Labute approximate surface area is 207 Å². The number of nitrogens with zero attached hydrogens (tertiary/aromatic N) is 2. The summed E-state index contributed by atoms with van der Waals surface area (Å²) in [4.78, 5) is 20.4. The summed E-state index contributed by atoms with van der Waals surface area (Å²) < 4.78 is 30.1. The third-order valence-electron chi connectivity index (χ3n) is 5.37. The molecule has 0 atom stereocenters. The average Bonchev–Trinajstić information content (AvgIpc) is 3.27. The molecule has 7 nitrogen and oxygen atoms in total. The van der Waals surface area contributed by atoms with Crippen LogP contribution in [0, 0.1) is 19.8 Å². The molecule has 35 heavy (non-hydrogen) atoms. The van der Waals surface area contributed by atoms with Gasteiger partial charge in [0.15, 0.2) is 5.13 Å². The number of halogens is 1. The van der Waals surface area contributed by atoms with Crippen LogP contribution >= 0.6 is 11.3 Å². The summed E-state index contributed by atoms with van der Waals surface area (Å²) in [5.41, 5.74) is 3.94. The smallest absolute Gasteiger partial charge is 0.257 e. The van der Waals surface area contributed by atoms with E-state index in [0.717, 1.165) is 58.6 Å². The molecule has 0 unspecified atom stereocenters. The van der Waals surface area contributed by atoms with Gasteiger partial charge in [0.2, 0.25) is 5.95 Å². The largest absolute Gasteiger partial charge is 0.496 e. The second-order valence-electron chi connectivity index (χ2n) is 8.00. The normalized spacial score (nSPS) is 13.1. The van der Waals surface area contributed by atoms with Crippen molar-refractivity contribution >= 4 is 22.4 Å². The lowest BCUT2D eigenvalue weighted by atomic mass is 10.00. The minimum atomic E-state index is -0.707. The summed E-state index contributed by atoms with van der Waals surface area (Å²) in [7, 11) is 1.65. The molecule has 0 fully saturated rings. The number of aryl methyl sites for hydroxylation is 2. The molecule has 0 spiro atoms. The predicted octanol–water partition coefficient (Wildman–Crippen LogP) is 5.82. The number of anilines is 1. The molecule has 1 aliphatic carbocycles. The van der Waals surface area contributed by atoms with Crippen LogP contribution in [0.2, 0.25) is 0 Å². The Hall–Kier alpha value is -3.56. The molecule has 3 aromatic rings. The number of methoxy groups -OCH3 is 1. The number of amides is 1. The number of hydrogen-bond donors (Lipinski definition) is 1. The monoisotopic (exact) mass is 495 g/mol. The Morgan fingerprint density at radius 1 is 1.11 bits per heavy atom. The van der Waals surface area contributed by atoms with Gasteiger partial charge in [-0.25, -0.2) is 9.97 Å². The molecule has 1 aromatic carbocycles. The molecule has 4 rings (SSSR count). The lowest BCUT2D eigenvalue weighted by molar-refractivity contribution is 0.102. The van der Waals surface area contributed by atoms with Crippen LogP contribution in [0.25, 0.3) is 11.3 Å². The zero-order valence-corrected chi connectivity index (χ0v) is 20.6. The van der Waals surface area contributed by atoms with Crippen LogP contribution in [0.5, 0.6) is 5.75 Å². The Morgan fingerprint density at radius 3 is 2.54 bits per heavy atom. The van der Waals surface area contributed by atoms with E-state index in [9.17, 15) is 9.18 Å². The van der Waals surface area contributed by atoms with Crippen molar-refractivity contribution in [3.05, 3.63) is 82.2 Å². The van der Waals surface area contributed by atoms with Crippen LogP contribution in [0.3, 0.4) is 0 Å². The maximum atomic E-state index is 13.3. The number of rotatable bonds is 9. The van der Waals surface area contributed by atoms with Crippen molar-refractivity contribution in [2.45, 2.75) is 26.7 Å². The van der Waals surface area contributed by atoms with Crippen LogP contribution in [0.1, 0.15) is 34.3 Å². The molecular weight excluding hydrogens is 469 g/mol. The van der Waals surface area contributed by atoms with Gasteiger partial charge in [0, 0.05) is 48.7 Å². The van der Waals surface area contributed by atoms with Gasteiger partial charge in [-0.3, -0.25) is 10.1 Å². The number of aromatic nitrogens is 2. The minimum absolute atomic E-state index is 0.184. The van der Waals surface area contributed by atoms with E-state index >= 15 is 0 Å². The van der Waals surface area contributed by atoms with Crippen molar-refractivity contribution in [3.63, 3.8) is 0 Å². The van der Waals surface area contributed by atoms with E-state index in [-0.39, 0.29) is 5.56 Å². The highest BCUT2D eigenvalue weighted by atomic mass is 32.1. The minimum Gasteiger partial charge on any atom is -0.496 e. The molecule has 2 heterocycles. The molecular formula is C26H26FN3O4S. The zero-order valence-electron chi connectivity index (χ0n) is 19.8. The van der Waals surface area contributed by atoms with E-state index < -0.39 is 11.9 Å². The van der Waals surface area contributed by atoms with Gasteiger partial charge in [-0.1, -0.05) is 0 Å². The first-order valence-corrected chi connectivity index (χ1v) is 12.0. The van der Waals surface area contributed by atoms with E-state index in [1.165, 1.54) is 23.6 Å². The Balaban J connectivity index is 1.44. The number of ether oxygens (including phenoxy) is 3. The summed E-state index contributed by atoms with van der Waals surface area (Å²) in [6.07, 6.45) is 6.67. The van der Waals surface area contributed by atoms with Crippen molar-refractivity contribution in [2.24, 2.45) is 0 Å². The molecule has 0 saturated carbocycles. The van der Waals surface area contributed by atoms with Crippen molar-refractivity contribution in [3.8, 4) is 17.0 Å². The van der Waals surface area contributed by atoms with E-state index in [0.29, 0.717) is 18.3 Å². The maximum Gasteiger partial charge on any atom is 0.257 e. The van der Waals surface area contributed by atoms with Gasteiger partial charge in [0.05, 0.1) is 18.1 Å². The fraction of sp³-hybridized carbons (Fsp3) is 0.269. The zero-order chi connectivity index (χ0) is 24.8. The molecule has 1 aliphatic rings. The SMILES string of the molecule is COCCOC1=CC=C(Oc2cc(C)c(-c3csc(NC(=O)c4ccnc(F)c4)n3)c(C)c2)CC1. The topological polar surface area (TPSA) is 82.6 Å². The summed E-state index contributed by atoms with van der Waals surface area (Å²) in [5.74, 6) is 1.42. The van der Waals surface area contributed by atoms with Crippen molar-refractivity contribution in [1.29, 1.82) is 0 Å². The van der Waals surface area contributed by atoms with E-state index in [1.807, 2.05) is 43.5 Å². The van der Waals surface area contributed by atoms with Crippen LogP contribution in [-0.4, -0.2) is 36.2 Å². The molecule has 2 aromatic heterocycles. The molecule has 0 aliphatic heterocycles. The van der Waals surface area contributed by atoms with Crippen molar-refractivity contribution in [2.75, 3.05) is 25.6 Å². The van der Waals surface area contributed by atoms with Crippen LogP contribution in [-0.2, 0) is 9.47 Å². The lowest BCUT2D eigenvalue weighted by Crippen LogP contribution is -2.12. The average molecular weight is 496 g/mol. The molecule has 1 amide bonds. The van der Waals surface area contributed by atoms with Gasteiger partial charge in [0.25, 0.3) is 5.91 Å². The number of carbonyl (C=O) groups is 1. The number of benzene rings is 1. The van der Waals surface area contributed by atoms with Crippen molar-refractivity contribution < 1.29 is 23.4 Å². The molecule has 0 radical (unpaired) electrons. The second kappa shape index (κ2) is 11.2. The number of carbonyl (C=O) groups excluding carboxylic acids is 1. The molecule has 0 saturated heterocycles. The summed E-state index contributed by atoms with van der Waals surface area (Å²) in [6, 6.07) is 6.50. The Morgan fingerprint density at radius 2 is 1.86 bits per heavy atom. The highest BCUT2D eigenvalue weighted by Gasteiger charge is 2.16. The molecule has 0 bridgehead atoms. The number of thiazole rings is 1. The first kappa shape index (κ1) is 24.6. The number of pyridine rings is 1.